The molecule has 0 aromatic carbocycles. The Morgan fingerprint density at radius 3 is 2.17 bits per heavy atom. The summed E-state index contributed by atoms with van der Waals surface area (Å²) < 4.78 is 55.1. The molecule has 2 aliphatic heterocycles. The number of esters is 2. The number of rotatable bonds is 17. The Hall–Kier alpha value is -3.99. The van der Waals surface area contributed by atoms with Crippen LogP contribution in [0.15, 0.2) is 17.8 Å². The van der Waals surface area contributed by atoms with E-state index >= 15 is 0 Å². The second kappa shape index (κ2) is 15.1. The molecule has 0 spiro atoms. The van der Waals surface area contributed by atoms with E-state index in [1.807, 2.05) is 27.7 Å². The molecule has 0 amide bonds. The molecule has 2 aromatic rings. The first-order chi connectivity index (χ1) is 22.6. The maximum absolute atomic E-state index is 14.7. The van der Waals surface area contributed by atoms with E-state index in [0.29, 0.717) is 0 Å². The Morgan fingerprint density at radius 2 is 1.65 bits per heavy atom. The summed E-state index contributed by atoms with van der Waals surface area (Å²) in [5.74, 6) is -1.42. The average Bonchev–Trinajstić information content (AvgIpc) is 3.63. The topological polar surface area (TPSA) is 227 Å². The van der Waals surface area contributed by atoms with Crippen molar-refractivity contribution >= 4 is 42.9 Å². The van der Waals surface area contributed by atoms with Crippen molar-refractivity contribution in [3.63, 3.8) is 0 Å². The molecule has 2 aromatic heterocycles. The molecule has 48 heavy (non-hydrogen) atoms. The summed E-state index contributed by atoms with van der Waals surface area (Å²) >= 11 is 0. The van der Waals surface area contributed by atoms with Gasteiger partial charge < -0.3 is 34.2 Å². The van der Waals surface area contributed by atoms with Crippen LogP contribution in [0.1, 0.15) is 67.5 Å². The van der Waals surface area contributed by atoms with Crippen molar-refractivity contribution in [2.75, 3.05) is 32.7 Å². The van der Waals surface area contributed by atoms with Gasteiger partial charge >= 0.3 is 25.8 Å². The third-order valence-corrected chi connectivity index (χ3v) is 9.14. The quantitative estimate of drug-likeness (QED) is 0.122. The van der Waals surface area contributed by atoms with Crippen molar-refractivity contribution in [2.45, 2.75) is 85.2 Å². The van der Waals surface area contributed by atoms with E-state index in [0.717, 1.165) is 0 Å². The Bertz CT molecular complexity index is 1560. The second-order valence-electron chi connectivity index (χ2n) is 12.2. The fraction of sp³-hybridized carbons (Fsp3) is 0.655. The van der Waals surface area contributed by atoms with E-state index < -0.39 is 56.3 Å². The van der Waals surface area contributed by atoms with Crippen molar-refractivity contribution < 1.29 is 51.9 Å². The first-order valence-corrected chi connectivity index (χ1v) is 17.3. The zero-order valence-corrected chi connectivity index (χ0v) is 29.2. The Balaban J connectivity index is 1.70. The zero-order valence-electron chi connectivity index (χ0n) is 28.3. The fourth-order valence-electron chi connectivity index (χ4n) is 5.37. The molecule has 18 nitrogen and oxygen atoms in total. The highest BCUT2D eigenvalue weighted by Crippen LogP contribution is 2.51. The number of methoxy groups -OCH3 is 1. The monoisotopic (exact) mass is 697 g/mol. The minimum atomic E-state index is -4.33. The third kappa shape index (κ3) is 7.99. The molecular formula is C29H44N7O11P. The number of nitrogen functional groups attached to an aromatic ring is 1. The van der Waals surface area contributed by atoms with Crippen molar-refractivity contribution in [3.8, 4) is 5.88 Å². The van der Waals surface area contributed by atoms with Gasteiger partial charge in [-0.25, -0.2) is 20.0 Å². The van der Waals surface area contributed by atoms with Gasteiger partial charge in [-0.2, -0.15) is 9.97 Å². The Labute approximate surface area is 277 Å². The maximum atomic E-state index is 14.7. The molecule has 4 heterocycles. The molecule has 4 rings (SSSR count). The zero-order chi connectivity index (χ0) is 35.4. The van der Waals surface area contributed by atoms with Crippen molar-refractivity contribution in [3.05, 3.63) is 17.8 Å². The van der Waals surface area contributed by atoms with Crippen LogP contribution in [-0.4, -0.2) is 82.2 Å². The molecule has 4 N–H and O–H groups in total. The van der Waals surface area contributed by atoms with Crippen molar-refractivity contribution in [1.29, 1.82) is 0 Å². The summed E-state index contributed by atoms with van der Waals surface area (Å²) in [7, 11) is -2.93. The third-order valence-electron chi connectivity index (χ3n) is 7.35. The standard InChI is InChI=1S/C29H44N7O11P/c1-9-42-24(37)17(11-15(3)4)34-48(40,35-18(12-16(5)6)25(38)43-10-2)44-13-19-21-29(7,47-28(39)46-21)26(45-19)36-14-31-20-22(36)32-27(30)33-23(20)41-8/h14-18,26H,9-13H2,1-8H3,(H2,30,32,33)(H2,34,35,40)/t17?,18?,26-,29?,48?/m1/s1. The molecule has 0 radical (unpaired) electrons. The number of nitrogens with two attached hydrogens (primary N) is 1. The Morgan fingerprint density at radius 1 is 1.06 bits per heavy atom. The molecule has 3 unspecified atom stereocenters. The minimum absolute atomic E-state index is 0.0158. The molecule has 0 aliphatic carbocycles. The van der Waals surface area contributed by atoms with Crippen molar-refractivity contribution in [1.82, 2.24) is 29.7 Å². The van der Waals surface area contributed by atoms with Gasteiger partial charge in [0.15, 0.2) is 16.9 Å². The van der Waals surface area contributed by atoms with E-state index in [4.69, 9.17) is 38.7 Å². The average molecular weight is 698 g/mol. The number of carbonyl (C=O) groups is 3. The van der Waals surface area contributed by atoms with Crippen LogP contribution in [0.25, 0.3) is 11.2 Å². The molecule has 4 atom stereocenters. The lowest BCUT2D eigenvalue weighted by Gasteiger charge is -2.29. The summed E-state index contributed by atoms with van der Waals surface area (Å²) in [5, 5.41) is 5.59. The molecule has 0 bridgehead atoms. The van der Waals surface area contributed by atoms with Crippen LogP contribution >= 0.6 is 7.67 Å². The molecule has 0 saturated carbocycles. The highest BCUT2D eigenvalue weighted by molar-refractivity contribution is 7.54. The van der Waals surface area contributed by atoms with Gasteiger partial charge in [-0.1, -0.05) is 27.7 Å². The van der Waals surface area contributed by atoms with Crippen LogP contribution in [0.2, 0.25) is 0 Å². The largest absolute Gasteiger partial charge is 0.515 e. The van der Waals surface area contributed by atoms with Gasteiger partial charge in [-0.3, -0.25) is 23.2 Å². The van der Waals surface area contributed by atoms with Crippen LogP contribution in [0, 0.1) is 11.8 Å². The SMILES string of the molecule is CCOC(=O)C(CC(C)C)NP(=O)(NC(CC(C)C)C(=O)OCC)OCC1=C2OC(=O)OC2(C)[C@H](n2cnc3c(OC)nc(N)nc32)O1. The van der Waals surface area contributed by atoms with Gasteiger partial charge in [0.1, 0.15) is 25.0 Å². The number of carbonyl (C=O) groups excluding carboxylic acids is 3. The van der Waals surface area contributed by atoms with Gasteiger partial charge in [0.25, 0.3) is 0 Å². The number of hydrogen-bond acceptors (Lipinski definition) is 15. The number of ether oxygens (including phenoxy) is 6. The number of nitrogens with zero attached hydrogens (tertiary/aromatic N) is 4. The van der Waals surface area contributed by atoms with Gasteiger partial charge in [-0.15, -0.1) is 0 Å². The number of anilines is 1. The first kappa shape index (κ1) is 36.8. The number of aromatic nitrogens is 4. The summed E-state index contributed by atoms with van der Waals surface area (Å²) in [6.07, 6.45) is -0.290. The second-order valence-corrected chi connectivity index (χ2v) is 14.0. The molecule has 1 fully saturated rings. The van der Waals surface area contributed by atoms with Gasteiger partial charge in [0.05, 0.1) is 20.3 Å². The number of nitrogens with one attached hydrogen (secondary N) is 2. The molecule has 2 aliphatic rings. The highest BCUT2D eigenvalue weighted by atomic mass is 31.2. The number of fused-ring (bicyclic) bond motifs is 2. The van der Waals surface area contributed by atoms with Crippen LogP contribution < -0.4 is 20.6 Å². The predicted molar refractivity (Wildman–Crippen MR) is 169 cm³/mol. The smallest absolute Gasteiger partial charge is 0.479 e. The highest BCUT2D eigenvalue weighted by Gasteiger charge is 2.60. The molecule has 1 saturated heterocycles. The molecule has 266 valence electrons. The molecule has 19 heteroatoms. The van der Waals surface area contributed by atoms with Gasteiger partial charge in [0, 0.05) is 0 Å². The van der Waals surface area contributed by atoms with E-state index in [9.17, 15) is 18.9 Å². The van der Waals surface area contributed by atoms with E-state index in [1.54, 1.807) is 20.8 Å². The van der Waals surface area contributed by atoms with E-state index in [2.05, 4.69) is 25.1 Å². The lowest BCUT2D eigenvalue weighted by Crippen LogP contribution is -2.45. The Kier molecular flexibility index (Phi) is 11.6. The first-order valence-electron chi connectivity index (χ1n) is 15.6. The maximum Gasteiger partial charge on any atom is 0.515 e. The van der Waals surface area contributed by atoms with Crippen LogP contribution in [-0.2, 0) is 42.4 Å². The summed E-state index contributed by atoms with van der Waals surface area (Å²) in [4.78, 5) is 51.0. The summed E-state index contributed by atoms with van der Waals surface area (Å²) in [5.41, 5.74) is 4.82. The number of imidazole rings is 1. The summed E-state index contributed by atoms with van der Waals surface area (Å²) in [6.45, 7) is 12.0. The normalized spacial score (nSPS) is 21.4. The summed E-state index contributed by atoms with van der Waals surface area (Å²) in [6, 6.07) is -2.15. The predicted octanol–water partition coefficient (Wildman–Crippen LogP) is 3.34. The molecular weight excluding hydrogens is 653 g/mol. The minimum Gasteiger partial charge on any atom is -0.479 e. The fourth-order valence-corrected chi connectivity index (χ4v) is 7.13. The van der Waals surface area contributed by atoms with Crippen LogP contribution in [0.4, 0.5) is 10.7 Å². The lowest BCUT2D eigenvalue weighted by molar-refractivity contribution is -0.146. The van der Waals surface area contributed by atoms with Crippen LogP contribution in [0.3, 0.4) is 0 Å². The van der Waals surface area contributed by atoms with Gasteiger partial charge in [-0.05, 0) is 45.4 Å². The lowest BCUT2D eigenvalue weighted by atomic mass is 10.0. The van der Waals surface area contributed by atoms with Crippen molar-refractivity contribution in [2.24, 2.45) is 11.8 Å². The van der Waals surface area contributed by atoms with Crippen LogP contribution in [0.5, 0.6) is 5.88 Å². The van der Waals surface area contributed by atoms with E-state index in [-0.39, 0.29) is 72.4 Å². The number of hydrogen-bond donors (Lipinski definition) is 3. The van der Waals surface area contributed by atoms with E-state index in [1.165, 1.54) is 18.0 Å². The van der Waals surface area contributed by atoms with Gasteiger partial charge in [0.2, 0.25) is 29.4 Å².